The predicted octanol–water partition coefficient (Wildman–Crippen LogP) is 1.65. The minimum Gasteiger partial charge on any atom is -0.494 e. The number of nitrogens with one attached hydrogen (secondary N) is 1. The number of nitrogens with zero attached hydrogens (tertiary/aromatic N) is 4. The molecule has 10 heteroatoms. The number of fused-ring (bicyclic) bond motifs is 1. The second-order valence-electron chi connectivity index (χ2n) is 9.65. The Labute approximate surface area is 198 Å². The van der Waals surface area contributed by atoms with E-state index in [9.17, 15) is 19.5 Å². The maximum atomic E-state index is 13.1. The molecular formula is C24H33N5O5. The number of amides is 2. The first-order valence-corrected chi connectivity index (χ1v) is 11.9. The lowest BCUT2D eigenvalue weighted by atomic mass is 9.98. The van der Waals surface area contributed by atoms with E-state index in [0.29, 0.717) is 43.4 Å². The number of aromatic hydroxyl groups is 1. The number of carbonyl (C=O) groups excluding carboxylic acids is 2. The fraction of sp³-hybridized carbons (Fsp3) is 0.583. The molecule has 34 heavy (non-hydrogen) atoms. The normalized spacial score (nSPS) is 17.2. The van der Waals surface area contributed by atoms with Crippen molar-refractivity contribution in [3.8, 4) is 5.88 Å². The van der Waals surface area contributed by atoms with E-state index < -0.39 is 11.5 Å². The van der Waals surface area contributed by atoms with E-state index in [1.807, 2.05) is 13.8 Å². The van der Waals surface area contributed by atoms with Crippen molar-refractivity contribution in [2.45, 2.75) is 52.1 Å². The molecular weight excluding hydrogens is 438 g/mol. The molecule has 10 nitrogen and oxygen atoms in total. The van der Waals surface area contributed by atoms with Crippen LogP contribution in [0.5, 0.6) is 5.88 Å². The summed E-state index contributed by atoms with van der Waals surface area (Å²) in [6.45, 7) is 6.36. The Morgan fingerprint density at radius 1 is 1.26 bits per heavy atom. The standard InChI is InChI=1S/C24H33N5O5/c1-15(2)13-28-22-17(4-7-19(30)27-10-8-16(9-11-27)14-34-3)12-25-29(22)24(33)20(23(28)32)21(31)26-18-5-6-18/h4,7,12,15-16,18,32H,5-6,8-11,13-14H2,1-3H3,(H,26,31)/b7-4+. The van der Waals surface area contributed by atoms with Crippen molar-refractivity contribution in [1.82, 2.24) is 24.4 Å². The van der Waals surface area contributed by atoms with Crippen LogP contribution in [0.25, 0.3) is 11.7 Å². The maximum Gasteiger partial charge on any atom is 0.291 e. The Balaban J connectivity index is 1.64. The van der Waals surface area contributed by atoms with E-state index in [-0.39, 0.29) is 29.3 Å². The molecule has 4 rings (SSSR count). The van der Waals surface area contributed by atoms with Gasteiger partial charge in [-0.1, -0.05) is 13.8 Å². The molecule has 1 saturated carbocycles. The number of aromatic nitrogens is 3. The van der Waals surface area contributed by atoms with Crippen LogP contribution in [0, 0.1) is 11.8 Å². The van der Waals surface area contributed by atoms with Crippen molar-refractivity contribution >= 4 is 23.5 Å². The summed E-state index contributed by atoms with van der Waals surface area (Å²) in [6, 6.07) is 0.0437. The summed E-state index contributed by atoms with van der Waals surface area (Å²) >= 11 is 0. The van der Waals surface area contributed by atoms with Gasteiger partial charge >= 0.3 is 0 Å². The average molecular weight is 472 g/mol. The summed E-state index contributed by atoms with van der Waals surface area (Å²) < 4.78 is 7.88. The molecule has 1 aliphatic carbocycles. The van der Waals surface area contributed by atoms with E-state index in [2.05, 4.69) is 10.4 Å². The molecule has 0 radical (unpaired) electrons. The Bertz CT molecular complexity index is 1150. The first kappa shape index (κ1) is 24.0. The number of piperidine rings is 1. The van der Waals surface area contributed by atoms with Gasteiger partial charge in [0, 0.05) is 51.0 Å². The number of methoxy groups -OCH3 is 1. The molecule has 184 valence electrons. The molecule has 1 saturated heterocycles. The summed E-state index contributed by atoms with van der Waals surface area (Å²) in [7, 11) is 1.69. The second kappa shape index (κ2) is 10.0. The molecule has 3 heterocycles. The zero-order chi connectivity index (χ0) is 24.4. The molecule has 0 bridgehead atoms. The largest absolute Gasteiger partial charge is 0.494 e. The highest BCUT2D eigenvalue weighted by molar-refractivity contribution is 5.97. The monoisotopic (exact) mass is 471 g/mol. The molecule has 2 N–H and O–H groups in total. The smallest absolute Gasteiger partial charge is 0.291 e. The third kappa shape index (κ3) is 5.01. The summed E-state index contributed by atoms with van der Waals surface area (Å²) in [5.41, 5.74) is -0.127. The minimum absolute atomic E-state index is 0.0437. The molecule has 0 aromatic carbocycles. The van der Waals surface area contributed by atoms with Crippen LogP contribution in [0.2, 0.25) is 0 Å². The highest BCUT2D eigenvalue weighted by Crippen LogP contribution is 2.25. The highest BCUT2D eigenvalue weighted by Gasteiger charge is 2.30. The zero-order valence-electron chi connectivity index (χ0n) is 20.0. The van der Waals surface area contributed by atoms with Crippen molar-refractivity contribution in [3.05, 3.63) is 33.8 Å². The lowest BCUT2D eigenvalue weighted by Crippen LogP contribution is -2.38. The van der Waals surface area contributed by atoms with Crippen LogP contribution in [-0.2, 0) is 16.1 Å². The SMILES string of the molecule is COCC1CCN(C(=O)/C=C/c2cnn3c(=O)c(C(=O)NC4CC4)c(O)n(CC(C)C)c23)CC1. The summed E-state index contributed by atoms with van der Waals surface area (Å²) in [5.74, 6) is -0.497. The Kier molecular flexibility index (Phi) is 7.06. The van der Waals surface area contributed by atoms with Crippen molar-refractivity contribution in [3.63, 3.8) is 0 Å². The van der Waals surface area contributed by atoms with Gasteiger partial charge < -0.3 is 20.1 Å². The summed E-state index contributed by atoms with van der Waals surface area (Å²) in [6.07, 6.45) is 8.10. The van der Waals surface area contributed by atoms with Gasteiger partial charge in [0.25, 0.3) is 11.5 Å². The van der Waals surface area contributed by atoms with Crippen LogP contribution in [0.15, 0.2) is 17.1 Å². The minimum atomic E-state index is -0.683. The third-order valence-corrected chi connectivity index (χ3v) is 6.33. The number of rotatable bonds is 8. The fourth-order valence-electron chi connectivity index (χ4n) is 4.37. The van der Waals surface area contributed by atoms with Crippen LogP contribution in [0.4, 0.5) is 0 Å². The van der Waals surface area contributed by atoms with Crippen molar-refractivity contribution in [2.75, 3.05) is 26.8 Å². The van der Waals surface area contributed by atoms with Gasteiger partial charge in [-0.05, 0) is 43.6 Å². The molecule has 2 amide bonds. The number of hydrogen-bond donors (Lipinski definition) is 2. The number of carbonyl (C=O) groups is 2. The van der Waals surface area contributed by atoms with Crippen LogP contribution in [0.1, 0.15) is 55.5 Å². The van der Waals surface area contributed by atoms with E-state index in [1.165, 1.54) is 16.8 Å². The van der Waals surface area contributed by atoms with E-state index in [4.69, 9.17) is 4.74 Å². The van der Waals surface area contributed by atoms with Crippen LogP contribution >= 0.6 is 0 Å². The second-order valence-corrected chi connectivity index (χ2v) is 9.65. The average Bonchev–Trinajstić information content (AvgIpc) is 3.51. The Morgan fingerprint density at radius 2 is 1.97 bits per heavy atom. The van der Waals surface area contributed by atoms with Crippen molar-refractivity contribution in [1.29, 1.82) is 0 Å². The van der Waals surface area contributed by atoms with Crippen molar-refractivity contribution < 1.29 is 19.4 Å². The predicted molar refractivity (Wildman–Crippen MR) is 127 cm³/mol. The third-order valence-electron chi connectivity index (χ3n) is 6.33. The van der Waals surface area contributed by atoms with E-state index >= 15 is 0 Å². The Morgan fingerprint density at radius 3 is 2.59 bits per heavy atom. The first-order chi connectivity index (χ1) is 16.3. The molecule has 0 spiro atoms. The lowest BCUT2D eigenvalue weighted by Gasteiger charge is -2.30. The molecule has 2 fully saturated rings. The highest BCUT2D eigenvalue weighted by atomic mass is 16.5. The number of ether oxygens (including phenoxy) is 1. The van der Waals surface area contributed by atoms with Crippen molar-refractivity contribution in [2.24, 2.45) is 11.8 Å². The van der Waals surface area contributed by atoms with Gasteiger partial charge in [-0.3, -0.25) is 19.0 Å². The lowest BCUT2D eigenvalue weighted by molar-refractivity contribution is -0.127. The first-order valence-electron chi connectivity index (χ1n) is 11.9. The number of likely N-dealkylation sites (tertiary alicyclic amines) is 1. The van der Waals surface area contributed by atoms with Crippen LogP contribution in [-0.4, -0.2) is 68.9 Å². The van der Waals surface area contributed by atoms with Crippen LogP contribution < -0.4 is 10.9 Å². The number of hydrogen-bond acceptors (Lipinski definition) is 6. The Hall–Kier alpha value is -3.14. The van der Waals surface area contributed by atoms with E-state index in [0.717, 1.165) is 30.2 Å². The molecule has 2 aliphatic rings. The topological polar surface area (TPSA) is 118 Å². The summed E-state index contributed by atoms with van der Waals surface area (Å²) in [4.78, 5) is 40.3. The van der Waals surface area contributed by atoms with Gasteiger partial charge in [-0.2, -0.15) is 9.61 Å². The molecule has 1 aliphatic heterocycles. The zero-order valence-corrected chi connectivity index (χ0v) is 20.0. The molecule has 0 atom stereocenters. The van der Waals surface area contributed by atoms with Gasteiger partial charge in [0.1, 0.15) is 5.65 Å². The fourth-order valence-corrected chi connectivity index (χ4v) is 4.37. The molecule has 2 aromatic heterocycles. The van der Waals surface area contributed by atoms with E-state index in [1.54, 1.807) is 18.1 Å². The van der Waals surface area contributed by atoms with Gasteiger partial charge in [0.05, 0.1) is 6.20 Å². The maximum absolute atomic E-state index is 13.1. The van der Waals surface area contributed by atoms with Gasteiger partial charge in [-0.15, -0.1) is 0 Å². The molecule has 0 unspecified atom stereocenters. The quantitative estimate of drug-likeness (QED) is 0.565. The summed E-state index contributed by atoms with van der Waals surface area (Å²) in [5, 5.41) is 17.9. The van der Waals surface area contributed by atoms with Gasteiger partial charge in [-0.25, -0.2) is 0 Å². The van der Waals surface area contributed by atoms with Gasteiger partial charge in [0.15, 0.2) is 5.56 Å². The van der Waals surface area contributed by atoms with Gasteiger partial charge in [0.2, 0.25) is 11.8 Å². The van der Waals surface area contributed by atoms with Crippen LogP contribution in [0.3, 0.4) is 0 Å². The molecule has 2 aromatic rings.